The molecule has 0 saturated heterocycles. The van der Waals surface area contributed by atoms with Crippen molar-refractivity contribution in [2.75, 3.05) is 0 Å². The van der Waals surface area contributed by atoms with Gasteiger partial charge in [-0.15, -0.1) is 0 Å². The van der Waals surface area contributed by atoms with Crippen LogP contribution in [0.15, 0.2) is 54.6 Å². The first-order valence-corrected chi connectivity index (χ1v) is 11.6. The molecule has 23 heavy (non-hydrogen) atoms. The molecule has 1 fully saturated rings. The Balaban J connectivity index is 1.82. The van der Waals surface area contributed by atoms with Crippen LogP contribution in [0.5, 0.6) is 0 Å². The van der Waals surface area contributed by atoms with Crippen molar-refractivity contribution in [3.63, 3.8) is 0 Å². The number of rotatable bonds is 2. The summed E-state index contributed by atoms with van der Waals surface area (Å²) in [5.41, 5.74) is 4.21. The maximum Gasteiger partial charge on any atom is 0.0926 e. The third kappa shape index (κ3) is 2.09. The predicted octanol–water partition coefficient (Wildman–Crippen LogP) is 5.82. The second-order valence-corrected chi connectivity index (χ2v) is 14.1. The highest BCUT2D eigenvalue weighted by atomic mass is 28.3. The largest absolute Gasteiger partial charge is 0.0926 e. The molecule has 1 saturated carbocycles. The van der Waals surface area contributed by atoms with Crippen molar-refractivity contribution in [1.82, 2.24) is 0 Å². The molecule has 0 radical (unpaired) electrons. The van der Waals surface area contributed by atoms with E-state index in [2.05, 4.69) is 81.9 Å². The minimum absolute atomic E-state index is 0.387. The maximum atomic E-state index is 2.66. The fourth-order valence-electron chi connectivity index (χ4n) is 5.48. The molecule has 120 valence electrons. The van der Waals surface area contributed by atoms with Gasteiger partial charge in [-0.2, -0.15) is 0 Å². The Bertz CT molecular complexity index is 712. The Morgan fingerprint density at radius 3 is 2.09 bits per heavy atom. The number of benzene rings is 2. The summed E-state index contributed by atoms with van der Waals surface area (Å²) in [6.07, 6.45) is 2.81. The molecular formula is C22H28Si. The molecule has 0 unspecified atom stereocenters. The van der Waals surface area contributed by atoms with E-state index in [4.69, 9.17) is 0 Å². The molecule has 0 spiro atoms. The van der Waals surface area contributed by atoms with Crippen LogP contribution in [0.3, 0.4) is 0 Å². The molecular weight excluding hydrogens is 292 g/mol. The minimum Gasteiger partial charge on any atom is -0.0646 e. The average molecular weight is 321 g/mol. The first-order chi connectivity index (χ1) is 10.9. The topological polar surface area (TPSA) is 0 Å². The third-order valence-corrected chi connectivity index (χ3v) is 13.8. The van der Waals surface area contributed by atoms with Gasteiger partial charge < -0.3 is 0 Å². The first-order valence-electron chi connectivity index (χ1n) is 9.07. The zero-order valence-corrected chi connectivity index (χ0v) is 15.8. The van der Waals surface area contributed by atoms with E-state index >= 15 is 0 Å². The summed E-state index contributed by atoms with van der Waals surface area (Å²) in [5, 5.41) is 2.04. The SMILES string of the molecule is CC(C)(C)[Si@](C)(c1ccccc1)[C@@H]1C[C@@H]2C[C@H]1c1ccccc12. The van der Waals surface area contributed by atoms with Crippen molar-refractivity contribution < 1.29 is 0 Å². The highest BCUT2D eigenvalue weighted by Crippen LogP contribution is 2.64. The molecule has 0 nitrogen and oxygen atoms in total. The fourth-order valence-corrected chi connectivity index (χ4v) is 10.6. The first kappa shape index (κ1) is 15.2. The predicted molar refractivity (Wildman–Crippen MR) is 102 cm³/mol. The summed E-state index contributed by atoms with van der Waals surface area (Å²) in [7, 11) is -1.62. The van der Waals surface area contributed by atoms with E-state index in [9.17, 15) is 0 Å². The van der Waals surface area contributed by atoms with Gasteiger partial charge in [0, 0.05) is 0 Å². The highest BCUT2D eigenvalue weighted by molar-refractivity contribution is 6.94. The molecule has 4 rings (SSSR count). The van der Waals surface area contributed by atoms with Crippen molar-refractivity contribution >= 4 is 13.3 Å². The van der Waals surface area contributed by atoms with E-state index in [1.54, 1.807) is 16.3 Å². The molecule has 0 aromatic heterocycles. The van der Waals surface area contributed by atoms with Gasteiger partial charge in [0.15, 0.2) is 0 Å². The quantitative estimate of drug-likeness (QED) is 0.612. The molecule has 0 N–H and O–H groups in total. The molecule has 0 amide bonds. The lowest BCUT2D eigenvalue weighted by molar-refractivity contribution is 0.630. The van der Waals surface area contributed by atoms with Crippen LogP contribution in [0.4, 0.5) is 0 Å². The molecule has 2 aromatic carbocycles. The standard InChI is InChI=1S/C22H28Si/c1-22(2,3)23(4,17-10-6-5-7-11-17)21-15-16-14-20(21)19-13-9-8-12-18(16)19/h5-13,16,20-21H,14-15H2,1-4H3/t16-,20-,21+,23+/m0/s1. The van der Waals surface area contributed by atoms with Crippen molar-refractivity contribution in [2.45, 2.75) is 62.6 Å². The summed E-state index contributed by atoms with van der Waals surface area (Å²) in [6.45, 7) is 10.1. The van der Waals surface area contributed by atoms with Crippen LogP contribution >= 0.6 is 0 Å². The molecule has 2 aliphatic rings. The van der Waals surface area contributed by atoms with Gasteiger partial charge >= 0.3 is 0 Å². The summed E-state index contributed by atoms with van der Waals surface area (Å²) >= 11 is 0. The number of fused-ring (bicyclic) bond motifs is 5. The van der Waals surface area contributed by atoms with Gasteiger partial charge in [0.2, 0.25) is 0 Å². The lowest BCUT2D eigenvalue weighted by Gasteiger charge is -2.48. The van der Waals surface area contributed by atoms with E-state index in [0.29, 0.717) is 5.04 Å². The van der Waals surface area contributed by atoms with E-state index in [1.165, 1.54) is 12.8 Å². The van der Waals surface area contributed by atoms with E-state index in [1.807, 2.05) is 0 Å². The van der Waals surface area contributed by atoms with Gasteiger partial charge in [-0.25, -0.2) is 0 Å². The lowest BCUT2D eigenvalue weighted by Crippen LogP contribution is -2.56. The van der Waals surface area contributed by atoms with Gasteiger partial charge in [0.25, 0.3) is 0 Å². The average Bonchev–Trinajstić information content (AvgIpc) is 3.13. The highest BCUT2D eigenvalue weighted by Gasteiger charge is 2.56. The van der Waals surface area contributed by atoms with Gasteiger partial charge in [-0.3, -0.25) is 0 Å². The second-order valence-electron chi connectivity index (χ2n) is 8.83. The van der Waals surface area contributed by atoms with Crippen molar-refractivity contribution in [1.29, 1.82) is 0 Å². The Hall–Kier alpha value is -1.34. The van der Waals surface area contributed by atoms with Crippen LogP contribution in [0.1, 0.15) is 56.6 Å². The maximum absolute atomic E-state index is 2.66. The zero-order chi connectivity index (χ0) is 16.2. The van der Waals surface area contributed by atoms with Crippen LogP contribution in [0, 0.1) is 0 Å². The van der Waals surface area contributed by atoms with Crippen LogP contribution < -0.4 is 5.19 Å². The van der Waals surface area contributed by atoms with Gasteiger partial charge in [0.05, 0.1) is 8.07 Å². The molecule has 4 atom stereocenters. The normalized spacial score (nSPS) is 28.4. The smallest absolute Gasteiger partial charge is 0.0646 e. The van der Waals surface area contributed by atoms with Crippen LogP contribution in [0.2, 0.25) is 17.1 Å². The monoisotopic (exact) mass is 320 g/mol. The van der Waals surface area contributed by atoms with E-state index in [-0.39, 0.29) is 0 Å². The van der Waals surface area contributed by atoms with E-state index < -0.39 is 8.07 Å². The van der Waals surface area contributed by atoms with Crippen molar-refractivity contribution in [3.8, 4) is 0 Å². The Labute approximate surface area is 142 Å². The Morgan fingerprint density at radius 1 is 0.826 bits per heavy atom. The fraction of sp³-hybridized carbons (Fsp3) is 0.455. The molecule has 2 aliphatic carbocycles. The number of hydrogen-bond donors (Lipinski definition) is 0. The summed E-state index contributed by atoms with van der Waals surface area (Å²) in [5.74, 6) is 1.62. The van der Waals surface area contributed by atoms with Gasteiger partial charge in [0.1, 0.15) is 0 Å². The number of hydrogen-bond acceptors (Lipinski definition) is 0. The molecule has 0 aliphatic heterocycles. The Morgan fingerprint density at radius 2 is 1.43 bits per heavy atom. The third-order valence-electron chi connectivity index (χ3n) is 7.07. The lowest BCUT2D eigenvalue weighted by atomic mass is 9.91. The van der Waals surface area contributed by atoms with Crippen LogP contribution in [-0.4, -0.2) is 8.07 Å². The molecule has 1 heteroatoms. The summed E-state index contributed by atoms with van der Waals surface area (Å²) in [6, 6.07) is 20.7. The van der Waals surface area contributed by atoms with Crippen LogP contribution in [0.25, 0.3) is 0 Å². The minimum atomic E-state index is -1.62. The van der Waals surface area contributed by atoms with Gasteiger partial charge in [-0.05, 0) is 46.4 Å². The molecule has 2 bridgehead atoms. The molecule has 2 aromatic rings. The van der Waals surface area contributed by atoms with Crippen molar-refractivity contribution in [3.05, 3.63) is 65.7 Å². The second kappa shape index (κ2) is 5.08. The molecule has 0 heterocycles. The summed E-state index contributed by atoms with van der Waals surface area (Å²) in [4.78, 5) is 0. The van der Waals surface area contributed by atoms with E-state index in [0.717, 1.165) is 17.4 Å². The van der Waals surface area contributed by atoms with Crippen molar-refractivity contribution in [2.24, 2.45) is 0 Å². The summed E-state index contributed by atoms with van der Waals surface area (Å²) < 4.78 is 0. The Kier molecular flexibility index (Phi) is 3.35. The zero-order valence-electron chi connectivity index (χ0n) is 14.8. The van der Waals surface area contributed by atoms with Crippen LogP contribution in [-0.2, 0) is 0 Å². The van der Waals surface area contributed by atoms with Gasteiger partial charge in [-0.1, -0.05) is 87.1 Å².